The number of nitrogens with one attached hydrogen (secondary N) is 1. The van der Waals surface area contributed by atoms with E-state index in [-0.39, 0.29) is 24.7 Å². The first-order valence-electron chi connectivity index (χ1n) is 6.27. The van der Waals surface area contributed by atoms with E-state index in [0.717, 1.165) is 0 Å². The van der Waals surface area contributed by atoms with Gasteiger partial charge in [-0.1, -0.05) is 0 Å². The first-order chi connectivity index (χ1) is 9.28. The second kappa shape index (κ2) is 7.14. The number of carboxylic acid groups (broad SMARTS) is 1. The molecule has 112 valence electrons. The van der Waals surface area contributed by atoms with Gasteiger partial charge in [0.05, 0.1) is 11.9 Å². The van der Waals surface area contributed by atoms with Crippen LogP contribution in [0.5, 0.6) is 5.75 Å². The molecule has 0 saturated heterocycles. The molecule has 0 saturated carbocycles. The minimum atomic E-state index is -3.52. The Morgan fingerprint density at radius 1 is 1.30 bits per heavy atom. The zero-order valence-electron chi connectivity index (χ0n) is 11.5. The summed E-state index contributed by atoms with van der Waals surface area (Å²) in [5, 5.41) is 8.47. The molecule has 0 amide bonds. The molecule has 1 aromatic rings. The highest BCUT2D eigenvalue weighted by atomic mass is 32.2. The van der Waals surface area contributed by atoms with Crippen molar-refractivity contribution >= 4 is 21.7 Å². The molecule has 2 N–H and O–H groups in total. The van der Waals surface area contributed by atoms with E-state index in [1.165, 1.54) is 0 Å². The van der Waals surface area contributed by atoms with E-state index in [0.29, 0.717) is 11.4 Å². The number of ether oxygens (including phenoxy) is 1. The summed E-state index contributed by atoms with van der Waals surface area (Å²) in [4.78, 5) is 10.3. The maximum atomic E-state index is 11.7. The van der Waals surface area contributed by atoms with Gasteiger partial charge in [-0.15, -0.1) is 0 Å². The molecule has 0 radical (unpaired) electrons. The number of aliphatic carboxylic acids is 1. The Labute approximate surface area is 118 Å². The predicted molar refractivity (Wildman–Crippen MR) is 76.5 cm³/mol. The summed E-state index contributed by atoms with van der Waals surface area (Å²) in [7, 11) is -3.52. The average molecular weight is 301 g/mol. The first kappa shape index (κ1) is 16.3. The lowest BCUT2D eigenvalue weighted by atomic mass is 10.3. The van der Waals surface area contributed by atoms with Crippen LogP contribution in [0.15, 0.2) is 24.3 Å². The van der Waals surface area contributed by atoms with Crippen molar-refractivity contribution in [1.82, 2.24) is 0 Å². The molecule has 6 nitrogen and oxygen atoms in total. The second-order valence-electron chi connectivity index (χ2n) is 4.61. The van der Waals surface area contributed by atoms with Crippen molar-refractivity contribution in [2.75, 3.05) is 10.5 Å². The van der Waals surface area contributed by atoms with Crippen LogP contribution in [-0.2, 0) is 14.8 Å². The number of carbonyl (C=O) groups is 1. The fourth-order valence-electron chi connectivity index (χ4n) is 1.52. The van der Waals surface area contributed by atoms with Gasteiger partial charge < -0.3 is 9.84 Å². The quantitative estimate of drug-likeness (QED) is 0.767. The van der Waals surface area contributed by atoms with E-state index in [4.69, 9.17) is 9.84 Å². The summed E-state index contributed by atoms with van der Waals surface area (Å²) in [5.41, 5.74) is 0.427. The highest BCUT2D eigenvalue weighted by molar-refractivity contribution is 7.92. The van der Waals surface area contributed by atoms with Gasteiger partial charge in [0.15, 0.2) is 0 Å². The SMILES string of the molecule is CC(C)Oc1ccc(NS(=O)(=O)CCCC(=O)O)cc1. The standard InChI is InChI=1S/C13H19NO5S/c1-10(2)19-12-7-5-11(6-8-12)14-20(17,18)9-3-4-13(15)16/h5-8,10,14H,3-4,9H2,1-2H3,(H,15,16). The smallest absolute Gasteiger partial charge is 0.303 e. The number of hydrogen-bond donors (Lipinski definition) is 2. The van der Waals surface area contributed by atoms with Gasteiger partial charge in [0.1, 0.15) is 5.75 Å². The molecular weight excluding hydrogens is 282 g/mol. The second-order valence-corrected chi connectivity index (χ2v) is 6.45. The first-order valence-corrected chi connectivity index (χ1v) is 7.93. The summed E-state index contributed by atoms with van der Waals surface area (Å²) in [5.74, 6) is -0.562. The normalized spacial score (nSPS) is 11.3. The number of hydrogen-bond acceptors (Lipinski definition) is 4. The zero-order valence-corrected chi connectivity index (χ0v) is 12.3. The van der Waals surface area contributed by atoms with E-state index in [1.807, 2.05) is 13.8 Å². The number of benzene rings is 1. The lowest BCUT2D eigenvalue weighted by molar-refractivity contribution is -0.137. The van der Waals surface area contributed by atoms with Gasteiger partial charge in [-0.2, -0.15) is 0 Å². The van der Waals surface area contributed by atoms with Gasteiger partial charge in [0.2, 0.25) is 10.0 Å². The molecule has 20 heavy (non-hydrogen) atoms. The summed E-state index contributed by atoms with van der Waals surface area (Å²) < 4.78 is 31.3. The molecule has 0 unspecified atom stereocenters. The number of rotatable bonds is 8. The summed E-state index contributed by atoms with van der Waals surface area (Å²) in [6.45, 7) is 3.80. The predicted octanol–water partition coefficient (Wildman–Crippen LogP) is 2.08. The molecule has 0 aliphatic carbocycles. The van der Waals surface area contributed by atoms with Gasteiger partial charge in [-0.05, 0) is 44.5 Å². The molecule has 0 aliphatic rings. The molecular formula is C13H19NO5S. The molecule has 0 bridgehead atoms. The van der Waals surface area contributed by atoms with E-state index < -0.39 is 16.0 Å². The van der Waals surface area contributed by atoms with Crippen molar-refractivity contribution in [3.05, 3.63) is 24.3 Å². The Hall–Kier alpha value is -1.76. The Kier molecular flexibility index (Phi) is 5.82. The Morgan fingerprint density at radius 2 is 1.90 bits per heavy atom. The Morgan fingerprint density at radius 3 is 2.40 bits per heavy atom. The van der Waals surface area contributed by atoms with Crippen LogP contribution < -0.4 is 9.46 Å². The van der Waals surface area contributed by atoms with Gasteiger partial charge in [-0.3, -0.25) is 9.52 Å². The van der Waals surface area contributed by atoms with Crippen LogP contribution in [0.4, 0.5) is 5.69 Å². The van der Waals surface area contributed by atoms with Crippen LogP contribution in [-0.4, -0.2) is 31.4 Å². The molecule has 0 spiro atoms. The molecule has 0 fully saturated rings. The van der Waals surface area contributed by atoms with Gasteiger partial charge in [0, 0.05) is 12.1 Å². The highest BCUT2D eigenvalue weighted by Gasteiger charge is 2.11. The van der Waals surface area contributed by atoms with Crippen molar-refractivity contribution in [3.63, 3.8) is 0 Å². The topological polar surface area (TPSA) is 92.7 Å². The lowest BCUT2D eigenvalue weighted by Gasteiger charge is -2.11. The molecule has 0 aliphatic heterocycles. The molecule has 7 heteroatoms. The number of carboxylic acids is 1. The van der Waals surface area contributed by atoms with Crippen molar-refractivity contribution in [1.29, 1.82) is 0 Å². The number of anilines is 1. The Balaban J connectivity index is 2.56. The van der Waals surface area contributed by atoms with E-state index in [1.54, 1.807) is 24.3 Å². The van der Waals surface area contributed by atoms with E-state index in [9.17, 15) is 13.2 Å². The van der Waals surface area contributed by atoms with E-state index >= 15 is 0 Å². The third kappa shape index (κ3) is 6.42. The lowest BCUT2D eigenvalue weighted by Crippen LogP contribution is -2.17. The van der Waals surface area contributed by atoms with Crippen LogP contribution in [0, 0.1) is 0 Å². The fraction of sp³-hybridized carbons (Fsp3) is 0.462. The molecule has 0 aromatic heterocycles. The van der Waals surface area contributed by atoms with Crippen molar-refractivity contribution < 1.29 is 23.1 Å². The molecule has 1 aromatic carbocycles. The summed E-state index contributed by atoms with van der Waals surface area (Å²) in [6.07, 6.45) is -0.0325. The minimum absolute atomic E-state index is 0.0496. The Bertz CT molecular complexity index is 536. The maximum absolute atomic E-state index is 11.7. The van der Waals surface area contributed by atoms with E-state index in [2.05, 4.69) is 4.72 Å². The average Bonchev–Trinajstić information content (AvgIpc) is 2.29. The van der Waals surface area contributed by atoms with Crippen molar-refractivity contribution in [2.45, 2.75) is 32.8 Å². The van der Waals surface area contributed by atoms with Gasteiger partial charge in [0.25, 0.3) is 0 Å². The molecule has 1 rings (SSSR count). The largest absolute Gasteiger partial charge is 0.491 e. The third-order valence-corrected chi connectivity index (χ3v) is 3.68. The summed E-state index contributed by atoms with van der Waals surface area (Å²) >= 11 is 0. The van der Waals surface area contributed by atoms with Crippen LogP contribution in [0.25, 0.3) is 0 Å². The maximum Gasteiger partial charge on any atom is 0.303 e. The zero-order chi connectivity index (χ0) is 15.2. The van der Waals surface area contributed by atoms with Crippen molar-refractivity contribution in [2.24, 2.45) is 0 Å². The fourth-order valence-corrected chi connectivity index (χ4v) is 2.64. The van der Waals surface area contributed by atoms with Crippen LogP contribution in [0.2, 0.25) is 0 Å². The van der Waals surface area contributed by atoms with Gasteiger partial charge in [-0.25, -0.2) is 8.42 Å². The van der Waals surface area contributed by atoms with Crippen LogP contribution in [0.1, 0.15) is 26.7 Å². The highest BCUT2D eigenvalue weighted by Crippen LogP contribution is 2.18. The monoisotopic (exact) mass is 301 g/mol. The van der Waals surface area contributed by atoms with Gasteiger partial charge >= 0.3 is 5.97 Å². The molecule has 0 atom stereocenters. The molecule has 0 heterocycles. The summed E-state index contributed by atoms with van der Waals surface area (Å²) in [6, 6.07) is 6.56. The number of sulfonamides is 1. The van der Waals surface area contributed by atoms with Crippen LogP contribution >= 0.6 is 0 Å². The van der Waals surface area contributed by atoms with Crippen LogP contribution in [0.3, 0.4) is 0 Å². The minimum Gasteiger partial charge on any atom is -0.491 e. The third-order valence-electron chi connectivity index (χ3n) is 2.30. The van der Waals surface area contributed by atoms with Crippen molar-refractivity contribution in [3.8, 4) is 5.75 Å².